The van der Waals surface area contributed by atoms with Crippen LogP contribution in [0, 0.1) is 0 Å². The number of nitrogens with one attached hydrogen (secondary N) is 2. The summed E-state index contributed by atoms with van der Waals surface area (Å²) in [6.07, 6.45) is 7.78. The molecule has 1 atom stereocenters. The fraction of sp³-hybridized carbons (Fsp3) is 0.389. The smallest absolute Gasteiger partial charge is 0.247 e. The lowest BCUT2D eigenvalue weighted by Crippen LogP contribution is -2.47. The van der Waals surface area contributed by atoms with Crippen LogP contribution in [-0.2, 0) is 22.6 Å². The second kappa shape index (κ2) is 14.9. The van der Waals surface area contributed by atoms with Crippen molar-refractivity contribution in [2.24, 2.45) is 0 Å². The van der Waals surface area contributed by atoms with Crippen molar-refractivity contribution in [2.75, 3.05) is 28.4 Å². The summed E-state index contributed by atoms with van der Waals surface area (Å²) in [5.74, 6) is 1.47. The van der Waals surface area contributed by atoms with Crippen LogP contribution in [0.1, 0.15) is 61.3 Å². The summed E-state index contributed by atoms with van der Waals surface area (Å²) in [5.41, 5.74) is 3.43. The highest BCUT2D eigenvalue weighted by Crippen LogP contribution is 2.41. The minimum Gasteiger partial charge on any atom is -0.496 e. The predicted molar refractivity (Wildman–Crippen MR) is 174 cm³/mol. The monoisotopic (exact) mass is 613 g/mol. The lowest BCUT2D eigenvalue weighted by atomic mass is 9.94. The first-order valence-electron chi connectivity index (χ1n) is 15.5. The van der Waals surface area contributed by atoms with E-state index >= 15 is 0 Å². The molecule has 5 rings (SSSR count). The highest BCUT2D eigenvalue weighted by atomic mass is 16.5. The molecule has 45 heavy (non-hydrogen) atoms. The summed E-state index contributed by atoms with van der Waals surface area (Å²) in [7, 11) is 6.22. The van der Waals surface area contributed by atoms with E-state index in [-0.39, 0.29) is 30.8 Å². The molecule has 1 unspecified atom stereocenters. The molecule has 238 valence electrons. The van der Waals surface area contributed by atoms with Gasteiger partial charge in [0.15, 0.2) is 11.5 Å². The van der Waals surface area contributed by atoms with E-state index in [1.807, 2.05) is 48.7 Å². The summed E-state index contributed by atoms with van der Waals surface area (Å²) in [6.45, 7) is 0.163. The van der Waals surface area contributed by atoms with Crippen LogP contribution in [0.2, 0.25) is 0 Å². The molecule has 4 aromatic rings. The van der Waals surface area contributed by atoms with Crippen LogP contribution in [0.5, 0.6) is 23.0 Å². The van der Waals surface area contributed by atoms with Gasteiger partial charge >= 0.3 is 0 Å². The molecular weight excluding hydrogens is 570 g/mol. The molecule has 1 aromatic heterocycles. The number of nitrogens with zero attached hydrogens (tertiary/aromatic N) is 1. The molecule has 1 heterocycles. The topological polar surface area (TPSA) is 102 Å². The maximum absolute atomic E-state index is 14.4. The third kappa shape index (κ3) is 7.19. The SMILES string of the molecule is COc1ccccc1CN(C(=O)CCc1c[nH]c2ccccc12)C(C(=O)NC1CCCCC1)c1cc(OC)c(OC)c(OC)c1. The number of ether oxygens (including phenoxy) is 4. The first kappa shape index (κ1) is 31.8. The van der Waals surface area contributed by atoms with E-state index in [0.29, 0.717) is 35.0 Å². The highest BCUT2D eigenvalue weighted by molar-refractivity contribution is 5.90. The Morgan fingerprint density at radius 1 is 0.844 bits per heavy atom. The second-order valence-corrected chi connectivity index (χ2v) is 11.4. The average molecular weight is 614 g/mol. The Morgan fingerprint density at radius 2 is 1.51 bits per heavy atom. The number of fused-ring (bicyclic) bond motifs is 1. The molecule has 1 saturated carbocycles. The van der Waals surface area contributed by atoms with Crippen molar-refractivity contribution in [3.63, 3.8) is 0 Å². The van der Waals surface area contributed by atoms with Gasteiger partial charge in [0.1, 0.15) is 11.8 Å². The van der Waals surface area contributed by atoms with E-state index < -0.39 is 6.04 Å². The maximum atomic E-state index is 14.4. The molecule has 1 aliphatic carbocycles. The van der Waals surface area contributed by atoms with Crippen molar-refractivity contribution in [1.29, 1.82) is 0 Å². The molecule has 9 heteroatoms. The van der Waals surface area contributed by atoms with E-state index in [1.54, 1.807) is 24.1 Å². The van der Waals surface area contributed by atoms with Crippen LogP contribution in [0.25, 0.3) is 10.9 Å². The number of benzene rings is 3. The normalized spacial score (nSPS) is 14.0. The van der Waals surface area contributed by atoms with Crippen LogP contribution in [0.4, 0.5) is 0 Å². The van der Waals surface area contributed by atoms with Crippen LogP contribution in [-0.4, -0.2) is 56.2 Å². The Hall–Kier alpha value is -4.66. The number of aryl methyl sites for hydroxylation is 1. The van der Waals surface area contributed by atoms with Gasteiger partial charge in [0.25, 0.3) is 0 Å². The molecule has 0 aliphatic heterocycles. The van der Waals surface area contributed by atoms with Gasteiger partial charge < -0.3 is 34.1 Å². The molecular formula is C36H43N3O6. The number of carbonyl (C=O) groups excluding carboxylic acids is 2. The van der Waals surface area contributed by atoms with Gasteiger partial charge in [-0.25, -0.2) is 0 Å². The standard InChI is InChI=1S/C36H43N3O6/c1-42-30-17-11-8-12-25(30)23-39(33(40)19-18-24-22-37-29-16-10-9-15-28(24)29)34(36(41)38-27-13-6-5-7-14-27)26-20-31(43-2)35(45-4)32(21-26)44-3/h8-12,15-17,20-22,27,34,37H,5-7,13-14,18-19,23H2,1-4H3,(H,38,41). The minimum atomic E-state index is -0.971. The van der Waals surface area contributed by atoms with Crippen molar-refractivity contribution >= 4 is 22.7 Å². The number of methoxy groups -OCH3 is 4. The lowest BCUT2D eigenvalue weighted by Gasteiger charge is -2.34. The van der Waals surface area contributed by atoms with E-state index in [4.69, 9.17) is 18.9 Å². The Morgan fingerprint density at radius 3 is 2.20 bits per heavy atom. The molecule has 3 aromatic carbocycles. The quantitative estimate of drug-likeness (QED) is 0.182. The Bertz CT molecular complexity index is 1580. The number of amides is 2. The number of H-pyrrole nitrogens is 1. The summed E-state index contributed by atoms with van der Waals surface area (Å²) in [5, 5.41) is 4.36. The van der Waals surface area contributed by atoms with Gasteiger partial charge in [-0.3, -0.25) is 9.59 Å². The van der Waals surface area contributed by atoms with Crippen LogP contribution in [0.15, 0.2) is 66.9 Å². The van der Waals surface area contributed by atoms with Crippen molar-refractivity contribution in [2.45, 2.75) is 63.6 Å². The van der Waals surface area contributed by atoms with Gasteiger partial charge in [-0.2, -0.15) is 0 Å². The third-order valence-electron chi connectivity index (χ3n) is 8.65. The van der Waals surface area contributed by atoms with E-state index in [1.165, 1.54) is 21.3 Å². The summed E-state index contributed by atoms with van der Waals surface area (Å²) >= 11 is 0. The summed E-state index contributed by atoms with van der Waals surface area (Å²) in [6, 6.07) is 18.2. The Kier molecular flexibility index (Phi) is 10.5. The van der Waals surface area contributed by atoms with Gasteiger partial charge in [0.05, 0.1) is 35.0 Å². The van der Waals surface area contributed by atoms with Crippen LogP contribution >= 0.6 is 0 Å². The molecule has 2 N–H and O–H groups in total. The number of aromatic amines is 1. The summed E-state index contributed by atoms with van der Waals surface area (Å²) < 4.78 is 22.6. The number of carbonyl (C=O) groups is 2. The number of rotatable bonds is 13. The molecule has 0 bridgehead atoms. The number of hydrogen-bond acceptors (Lipinski definition) is 6. The zero-order valence-electron chi connectivity index (χ0n) is 26.6. The molecule has 0 saturated heterocycles. The van der Waals surface area contributed by atoms with E-state index in [9.17, 15) is 9.59 Å². The average Bonchev–Trinajstić information content (AvgIpc) is 3.50. The Balaban J connectivity index is 1.57. The number of para-hydroxylation sites is 2. The highest BCUT2D eigenvalue weighted by Gasteiger charge is 2.35. The van der Waals surface area contributed by atoms with Gasteiger partial charge in [-0.05, 0) is 54.7 Å². The van der Waals surface area contributed by atoms with Crippen molar-refractivity contribution < 1.29 is 28.5 Å². The van der Waals surface area contributed by atoms with Crippen LogP contribution in [0.3, 0.4) is 0 Å². The molecule has 0 radical (unpaired) electrons. The minimum absolute atomic E-state index is 0.0465. The van der Waals surface area contributed by atoms with Gasteiger partial charge in [0.2, 0.25) is 17.6 Å². The fourth-order valence-corrected chi connectivity index (χ4v) is 6.32. The number of aromatic nitrogens is 1. The fourth-order valence-electron chi connectivity index (χ4n) is 6.32. The van der Waals surface area contributed by atoms with Crippen LogP contribution < -0.4 is 24.3 Å². The predicted octanol–water partition coefficient (Wildman–Crippen LogP) is 6.35. The summed E-state index contributed by atoms with van der Waals surface area (Å²) in [4.78, 5) is 33.8. The zero-order valence-corrected chi connectivity index (χ0v) is 26.6. The first-order chi connectivity index (χ1) is 22.0. The van der Waals surface area contributed by atoms with Gasteiger partial charge in [-0.15, -0.1) is 0 Å². The molecule has 2 amide bonds. The van der Waals surface area contributed by atoms with Crippen molar-refractivity contribution in [3.8, 4) is 23.0 Å². The van der Waals surface area contributed by atoms with Crippen molar-refractivity contribution in [1.82, 2.24) is 15.2 Å². The zero-order chi connectivity index (χ0) is 31.8. The Labute approximate surface area is 264 Å². The lowest BCUT2D eigenvalue weighted by molar-refractivity contribution is -0.142. The van der Waals surface area contributed by atoms with Gasteiger partial charge in [-0.1, -0.05) is 55.7 Å². The van der Waals surface area contributed by atoms with E-state index in [2.05, 4.69) is 16.4 Å². The molecule has 1 aliphatic rings. The largest absolute Gasteiger partial charge is 0.496 e. The molecule has 9 nitrogen and oxygen atoms in total. The molecule has 1 fully saturated rings. The first-order valence-corrected chi connectivity index (χ1v) is 15.5. The van der Waals surface area contributed by atoms with Crippen molar-refractivity contribution in [3.05, 3.63) is 83.6 Å². The molecule has 0 spiro atoms. The maximum Gasteiger partial charge on any atom is 0.247 e. The van der Waals surface area contributed by atoms with E-state index in [0.717, 1.165) is 54.1 Å². The third-order valence-corrected chi connectivity index (χ3v) is 8.65. The second-order valence-electron chi connectivity index (χ2n) is 11.4. The van der Waals surface area contributed by atoms with Gasteiger partial charge in [0, 0.05) is 35.1 Å². The number of hydrogen-bond donors (Lipinski definition) is 2.